The standard InChI is InChI=1S/C14H16ClN3O/c15-12-4-3-11-9-17-18(13(11)7-12)6-5-14(19)16-8-10-1-2-10/h3-4,7,9-10H,1-2,5-6,8H2,(H,16,19). The lowest BCUT2D eigenvalue weighted by molar-refractivity contribution is -0.121. The van der Waals surface area contributed by atoms with Gasteiger partial charge in [0.05, 0.1) is 18.3 Å². The van der Waals surface area contributed by atoms with Crippen LogP contribution in [0.15, 0.2) is 24.4 Å². The average molecular weight is 278 g/mol. The highest BCUT2D eigenvalue weighted by Crippen LogP contribution is 2.27. The molecule has 1 saturated carbocycles. The van der Waals surface area contributed by atoms with Gasteiger partial charge in [0.1, 0.15) is 0 Å². The normalized spacial score (nSPS) is 14.8. The zero-order valence-corrected chi connectivity index (χ0v) is 11.4. The Hall–Kier alpha value is -1.55. The molecule has 100 valence electrons. The molecule has 1 amide bonds. The second-order valence-electron chi connectivity index (χ2n) is 5.07. The van der Waals surface area contributed by atoms with Crippen LogP contribution < -0.4 is 5.32 Å². The summed E-state index contributed by atoms with van der Waals surface area (Å²) in [7, 11) is 0. The Morgan fingerprint density at radius 1 is 1.47 bits per heavy atom. The predicted octanol–water partition coefficient (Wildman–Crippen LogP) is 2.61. The number of aryl methyl sites for hydroxylation is 1. The summed E-state index contributed by atoms with van der Waals surface area (Å²) in [4.78, 5) is 11.7. The summed E-state index contributed by atoms with van der Waals surface area (Å²) in [5.41, 5.74) is 0.975. The Kier molecular flexibility index (Phi) is 3.42. The number of rotatable bonds is 5. The lowest BCUT2D eigenvalue weighted by atomic mass is 10.2. The van der Waals surface area contributed by atoms with Crippen LogP contribution in [0, 0.1) is 5.92 Å². The minimum Gasteiger partial charge on any atom is -0.356 e. The molecule has 19 heavy (non-hydrogen) atoms. The molecule has 1 heterocycles. The minimum atomic E-state index is 0.0950. The number of amides is 1. The molecule has 1 aliphatic rings. The van der Waals surface area contributed by atoms with Crippen molar-refractivity contribution in [2.45, 2.75) is 25.8 Å². The first-order valence-corrected chi connectivity index (χ1v) is 6.98. The van der Waals surface area contributed by atoms with E-state index in [1.807, 2.05) is 22.9 Å². The van der Waals surface area contributed by atoms with Crippen molar-refractivity contribution in [1.82, 2.24) is 15.1 Å². The second kappa shape index (κ2) is 5.21. The lowest BCUT2D eigenvalue weighted by Gasteiger charge is -2.05. The van der Waals surface area contributed by atoms with Crippen molar-refractivity contribution in [3.8, 4) is 0 Å². The van der Waals surface area contributed by atoms with Crippen LogP contribution in [0.25, 0.3) is 10.9 Å². The smallest absolute Gasteiger partial charge is 0.221 e. The lowest BCUT2D eigenvalue weighted by Crippen LogP contribution is -2.26. The zero-order valence-electron chi connectivity index (χ0n) is 10.6. The molecule has 1 aromatic carbocycles. The van der Waals surface area contributed by atoms with Crippen molar-refractivity contribution in [2.24, 2.45) is 5.92 Å². The van der Waals surface area contributed by atoms with Gasteiger partial charge in [-0.2, -0.15) is 5.10 Å². The van der Waals surface area contributed by atoms with Crippen LogP contribution in [0.5, 0.6) is 0 Å². The van der Waals surface area contributed by atoms with Gasteiger partial charge >= 0.3 is 0 Å². The number of benzene rings is 1. The number of hydrogen-bond donors (Lipinski definition) is 1. The Labute approximate surface area is 116 Å². The fourth-order valence-electron chi connectivity index (χ4n) is 2.10. The molecular formula is C14H16ClN3O. The van der Waals surface area contributed by atoms with Crippen molar-refractivity contribution in [3.63, 3.8) is 0 Å². The molecule has 0 atom stereocenters. The van der Waals surface area contributed by atoms with Crippen molar-refractivity contribution in [2.75, 3.05) is 6.54 Å². The molecule has 4 nitrogen and oxygen atoms in total. The van der Waals surface area contributed by atoms with E-state index in [0.29, 0.717) is 23.9 Å². The van der Waals surface area contributed by atoms with Gasteiger partial charge in [0.25, 0.3) is 0 Å². The van der Waals surface area contributed by atoms with Gasteiger partial charge < -0.3 is 5.32 Å². The molecule has 2 aromatic rings. The number of aromatic nitrogens is 2. The average Bonchev–Trinajstić information content (AvgIpc) is 3.15. The van der Waals surface area contributed by atoms with E-state index < -0.39 is 0 Å². The van der Waals surface area contributed by atoms with Gasteiger partial charge in [-0.15, -0.1) is 0 Å². The van der Waals surface area contributed by atoms with Crippen molar-refractivity contribution in [3.05, 3.63) is 29.4 Å². The summed E-state index contributed by atoms with van der Waals surface area (Å²) in [6.45, 7) is 1.41. The molecule has 0 bridgehead atoms. The third-order valence-electron chi connectivity index (χ3n) is 3.44. The van der Waals surface area contributed by atoms with Crippen LogP contribution in [-0.2, 0) is 11.3 Å². The maximum Gasteiger partial charge on any atom is 0.221 e. The molecule has 1 aliphatic carbocycles. The van der Waals surface area contributed by atoms with Crippen LogP contribution in [0.3, 0.4) is 0 Å². The molecule has 0 spiro atoms. The quantitative estimate of drug-likeness (QED) is 0.913. The van der Waals surface area contributed by atoms with Gasteiger partial charge in [-0.1, -0.05) is 11.6 Å². The largest absolute Gasteiger partial charge is 0.356 e. The molecule has 1 aromatic heterocycles. The van der Waals surface area contributed by atoms with E-state index in [0.717, 1.165) is 17.4 Å². The number of nitrogens with one attached hydrogen (secondary N) is 1. The van der Waals surface area contributed by atoms with Gasteiger partial charge in [-0.05, 0) is 37.0 Å². The van der Waals surface area contributed by atoms with E-state index in [4.69, 9.17) is 11.6 Å². The summed E-state index contributed by atoms with van der Waals surface area (Å²) >= 11 is 5.98. The predicted molar refractivity (Wildman–Crippen MR) is 75.1 cm³/mol. The Balaban J connectivity index is 1.61. The maximum absolute atomic E-state index is 11.7. The van der Waals surface area contributed by atoms with Crippen molar-refractivity contribution in [1.29, 1.82) is 0 Å². The molecule has 3 rings (SSSR count). The zero-order chi connectivity index (χ0) is 13.2. The summed E-state index contributed by atoms with van der Waals surface area (Å²) in [6.07, 6.45) is 4.76. The number of halogens is 1. The molecule has 0 aliphatic heterocycles. The van der Waals surface area contributed by atoms with E-state index in [2.05, 4.69) is 10.4 Å². The maximum atomic E-state index is 11.7. The van der Waals surface area contributed by atoms with Crippen LogP contribution in [0.2, 0.25) is 5.02 Å². The number of carbonyl (C=O) groups is 1. The summed E-state index contributed by atoms with van der Waals surface area (Å²) in [5, 5.41) is 8.99. The molecule has 5 heteroatoms. The minimum absolute atomic E-state index is 0.0950. The highest BCUT2D eigenvalue weighted by molar-refractivity contribution is 6.31. The van der Waals surface area contributed by atoms with Gasteiger partial charge in [0.15, 0.2) is 0 Å². The number of fused-ring (bicyclic) bond motifs is 1. The molecule has 0 unspecified atom stereocenters. The van der Waals surface area contributed by atoms with E-state index in [1.54, 1.807) is 6.20 Å². The fraction of sp³-hybridized carbons (Fsp3) is 0.429. The third kappa shape index (κ3) is 3.07. The topological polar surface area (TPSA) is 46.9 Å². The van der Waals surface area contributed by atoms with Crippen LogP contribution >= 0.6 is 11.6 Å². The Morgan fingerprint density at radius 3 is 3.11 bits per heavy atom. The number of hydrogen-bond acceptors (Lipinski definition) is 2. The molecule has 0 radical (unpaired) electrons. The first-order valence-electron chi connectivity index (χ1n) is 6.60. The van der Waals surface area contributed by atoms with Crippen LogP contribution in [0.1, 0.15) is 19.3 Å². The van der Waals surface area contributed by atoms with Crippen molar-refractivity contribution >= 4 is 28.4 Å². The highest BCUT2D eigenvalue weighted by atomic mass is 35.5. The van der Waals surface area contributed by atoms with Crippen LogP contribution in [0.4, 0.5) is 0 Å². The Morgan fingerprint density at radius 2 is 2.32 bits per heavy atom. The molecule has 0 saturated heterocycles. The SMILES string of the molecule is O=C(CCn1ncc2ccc(Cl)cc21)NCC1CC1. The van der Waals surface area contributed by atoms with E-state index in [9.17, 15) is 4.79 Å². The number of nitrogens with zero attached hydrogens (tertiary/aromatic N) is 2. The molecular weight excluding hydrogens is 262 g/mol. The van der Waals surface area contributed by atoms with Gasteiger partial charge in [0, 0.05) is 23.4 Å². The Bertz CT molecular complexity index is 604. The molecule has 1 N–H and O–H groups in total. The summed E-state index contributed by atoms with van der Waals surface area (Å²) in [5.74, 6) is 0.811. The fourth-order valence-corrected chi connectivity index (χ4v) is 2.26. The van der Waals surface area contributed by atoms with Crippen LogP contribution in [-0.4, -0.2) is 22.2 Å². The van der Waals surface area contributed by atoms with Crippen molar-refractivity contribution < 1.29 is 4.79 Å². The highest BCUT2D eigenvalue weighted by Gasteiger charge is 2.21. The van der Waals surface area contributed by atoms with Gasteiger partial charge in [-0.25, -0.2) is 0 Å². The molecule has 1 fully saturated rings. The van der Waals surface area contributed by atoms with E-state index in [-0.39, 0.29) is 5.91 Å². The van der Waals surface area contributed by atoms with E-state index >= 15 is 0 Å². The third-order valence-corrected chi connectivity index (χ3v) is 3.68. The van der Waals surface area contributed by atoms with Gasteiger partial charge in [0.2, 0.25) is 5.91 Å². The summed E-state index contributed by atoms with van der Waals surface area (Å²) in [6, 6.07) is 5.67. The first-order chi connectivity index (χ1) is 9.22. The first kappa shape index (κ1) is 12.5. The monoisotopic (exact) mass is 277 g/mol. The van der Waals surface area contributed by atoms with E-state index in [1.165, 1.54) is 12.8 Å². The van der Waals surface area contributed by atoms with Gasteiger partial charge in [-0.3, -0.25) is 9.48 Å². The summed E-state index contributed by atoms with van der Waals surface area (Å²) < 4.78 is 1.83. The number of carbonyl (C=O) groups excluding carboxylic acids is 1. The second-order valence-corrected chi connectivity index (χ2v) is 5.50.